The molecule has 6 heteroatoms. The highest BCUT2D eigenvalue weighted by Gasteiger charge is 2.31. The Hall–Kier alpha value is -1.95. The van der Waals surface area contributed by atoms with Crippen molar-refractivity contribution in [3.8, 4) is 0 Å². The summed E-state index contributed by atoms with van der Waals surface area (Å²) in [5.41, 5.74) is 1.28. The van der Waals surface area contributed by atoms with E-state index in [2.05, 4.69) is 5.18 Å². The van der Waals surface area contributed by atoms with Gasteiger partial charge in [-0.3, -0.25) is 4.90 Å². The van der Waals surface area contributed by atoms with E-state index in [0.29, 0.717) is 19.8 Å². The third kappa shape index (κ3) is 4.27. The first-order valence-corrected chi connectivity index (χ1v) is 7.36. The van der Waals surface area contributed by atoms with Crippen LogP contribution in [0.2, 0.25) is 0 Å². The Labute approximate surface area is 130 Å². The summed E-state index contributed by atoms with van der Waals surface area (Å²) in [6.07, 6.45) is -0.334. The number of nitroso groups, excluding NO2 is 1. The lowest BCUT2D eigenvalue weighted by Gasteiger charge is -2.36. The van der Waals surface area contributed by atoms with Crippen molar-refractivity contribution in [3.63, 3.8) is 0 Å². The molecule has 1 aromatic carbocycles. The van der Waals surface area contributed by atoms with E-state index in [1.165, 1.54) is 0 Å². The van der Waals surface area contributed by atoms with Gasteiger partial charge in [-0.15, -0.1) is 0 Å². The average molecular weight is 306 g/mol. The Morgan fingerprint density at radius 2 is 2.05 bits per heavy atom. The maximum Gasteiger partial charge on any atom is 0.410 e. The molecule has 1 aliphatic rings. The quantitative estimate of drug-likeness (QED) is 0.804. The smallest absolute Gasteiger partial charge is 0.410 e. The van der Waals surface area contributed by atoms with Gasteiger partial charge < -0.3 is 9.47 Å². The van der Waals surface area contributed by atoms with Crippen LogP contribution in [0.1, 0.15) is 37.9 Å². The molecule has 0 bridgehead atoms. The van der Waals surface area contributed by atoms with Crippen LogP contribution in [0.15, 0.2) is 29.4 Å². The fraction of sp³-hybridized carbons (Fsp3) is 0.562. The van der Waals surface area contributed by atoms with E-state index in [9.17, 15) is 9.70 Å². The van der Waals surface area contributed by atoms with Crippen molar-refractivity contribution in [1.82, 2.24) is 4.90 Å². The topological polar surface area (TPSA) is 68.2 Å². The second-order valence-electron chi connectivity index (χ2n) is 6.29. The van der Waals surface area contributed by atoms with Crippen LogP contribution in [0.4, 0.5) is 4.79 Å². The molecule has 1 fully saturated rings. The van der Waals surface area contributed by atoms with Crippen molar-refractivity contribution in [2.45, 2.75) is 39.0 Å². The van der Waals surface area contributed by atoms with Gasteiger partial charge in [0.25, 0.3) is 0 Å². The number of rotatable bonds is 3. The summed E-state index contributed by atoms with van der Waals surface area (Å²) in [5.74, 6) is 0. The minimum atomic E-state index is -0.528. The van der Waals surface area contributed by atoms with E-state index >= 15 is 0 Å². The minimum absolute atomic E-state index is 0.150. The third-order valence-electron chi connectivity index (χ3n) is 3.37. The number of nitrogens with zero attached hydrogens (tertiary/aromatic N) is 2. The molecule has 120 valence electrons. The molecule has 1 aromatic rings. The molecule has 1 atom stereocenters. The Morgan fingerprint density at radius 3 is 2.64 bits per heavy atom. The Kier molecular flexibility index (Phi) is 5.13. The minimum Gasteiger partial charge on any atom is -0.444 e. The molecule has 0 aliphatic carbocycles. The zero-order chi connectivity index (χ0) is 16.2. The Balaban J connectivity index is 2.15. The molecule has 2 rings (SSSR count). The molecular weight excluding hydrogens is 284 g/mol. The number of ether oxygens (including phenoxy) is 2. The normalized spacial score (nSPS) is 18.9. The zero-order valence-corrected chi connectivity index (χ0v) is 13.2. The van der Waals surface area contributed by atoms with Crippen molar-refractivity contribution < 1.29 is 14.3 Å². The maximum atomic E-state index is 12.4. The van der Waals surface area contributed by atoms with Gasteiger partial charge in [-0.1, -0.05) is 29.4 Å². The monoisotopic (exact) mass is 306 g/mol. The van der Waals surface area contributed by atoms with Gasteiger partial charge in [-0.25, -0.2) is 4.79 Å². The standard InChI is InChI=1S/C16H22N2O4/c1-16(2,3)22-15(19)18-8-9-21-11-14(18)13-6-4-12(5-7-13)10-17-20/h4-7,14H,8-11H2,1-3H3/t14-/m0/s1. The van der Waals surface area contributed by atoms with E-state index in [0.717, 1.165) is 11.1 Å². The molecule has 1 heterocycles. The molecule has 1 amide bonds. The molecule has 22 heavy (non-hydrogen) atoms. The average Bonchev–Trinajstić information content (AvgIpc) is 2.47. The molecule has 0 unspecified atom stereocenters. The lowest BCUT2D eigenvalue weighted by molar-refractivity contribution is -0.0331. The summed E-state index contributed by atoms with van der Waals surface area (Å²) in [4.78, 5) is 24.4. The largest absolute Gasteiger partial charge is 0.444 e. The van der Waals surface area contributed by atoms with Crippen molar-refractivity contribution in [2.75, 3.05) is 19.8 Å². The molecule has 0 saturated carbocycles. The van der Waals surface area contributed by atoms with Gasteiger partial charge in [0, 0.05) is 6.54 Å². The first kappa shape index (κ1) is 16.4. The lowest BCUT2D eigenvalue weighted by Crippen LogP contribution is -2.45. The number of benzene rings is 1. The second kappa shape index (κ2) is 6.87. The molecule has 0 radical (unpaired) electrons. The summed E-state index contributed by atoms with van der Waals surface area (Å²) in [6.45, 7) is 7.13. The van der Waals surface area contributed by atoms with Crippen molar-refractivity contribution in [1.29, 1.82) is 0 Å². The van der Waals surface area contributed by atoms with Crippen LogP contribution < -0.4 is 0 Å². The summed E-state index contributed by atoms with van der Waals surface area (Å²) in [7, 11) is 0. The van der Waals surface area contributed by atoms with E-state index < -0.39 is 5.60 Å². The van der Waals surface area contributed by atoms with Crippen molar-refractivity contribution in [2.24, 2.45) is 5.18 Å². The highest BCUT2D eigenvalue weighted by Crippen LogP contribution is 2.26. The predicted molar refractivity (Wildman–Crippen MR) is 82.4 cm³/mol. The van der Waals surface area contributed by atoms with Crippen molar-refractivity contribution in [3.05, 3.63) is 40.3 Å². The number of hydrogen-bond acceptors (Lipinski definition) is 5. The number of amides is 1. The van der Waals surface area contributed by atoms with Gasteiger partial charge in [0.1, 0.15) is 12.1 Å². The Morgan fingerprint density at radius 1 is 1.36 bits per heavy atom. The third-order valence-corrected chi connectivity index (χ3v) is 3.37. The molecular formula is C16H22N2O4. The van der Waals surface area contributed by atoms with Crippen LogP contribution in [0.5, 0.6) is 0 Å². The maximum absolute atomic E-state index is 12.4. The molecule has 1 saturated heterocycles. The second-order valence-corrected chi connectivity index (χ2v) is 6.29. The van der Waals surface area contributed by atoms with Gasteiger partial charge in [-0.05, 0) is 31.9 Å². The van der Waals surface area contributed by atoms with E-state index in [-0.39, 0.29) is 18.7 Å². The molecule has 0 aromatic heterocycles. The van der Waals surface area contributed by atoms with Gasteiger partial charge in [0.2, 0.25) is 0 Å². The van der Waals surface area contributed by atoms with Crippen LogP contribution in [-0.4, -0.2) is 36.4 Å². The molecule has 6 nitrogen and oxygen atoms in total. The Bertz CT molecular complexity index is 522. The molecule has 0 spiro atoms. The van der Waals surface area contributed by atoms with Gasteiger partial charge in [0.15, 0.2) is 0 Å². The predicted octanol–water partition coefficient (Wildman–Crippen LogP) is 3.26. The van der Waals surface area contributed by atoms with Gasteiger partial charge in [-0.2, -0.15) is 4.91 Å². The summed E-state index contributed by atoms with van der Waals surface area (Å²) in [5, 5.41) is 2.87. The fourth-order valence-corrected chi connectivity index (χ4v) is 2.34. The summed E-state index contributed by atoms with van der Waals surface area (Å²) >= 11 is 0. The lowest BCUT2D eigenvalue weighted by atomic mass is 10.0. The van der Waals surface area contributed by atoms with Crippen LogP contribution in [0.3, 0.4) is 0 Å². The van der Waals surface area contributed by atoms with E-state index in [1.54, 1.807) is 4.90 Å². The first-order valence-electron chi connectivity index (χ1n) is 7.36. The fourth-order valence-electron chi connectivity index (χ4n) is 2.34. The van der Waals surface area contributed by atoms with E-state index in [4.69, 9.17) is 9.47 Å². The summed E-state index contributed by atoms with van der Waals surface area (Å²) < 4.78 is 11.0. The zero-order valence-electron chi connectivity index (χ0n) is 13.2. The summed E-state index contributed by atoms with van der Waals surface area (Å²) in [6, 6.07) is 7.31. The highest BCUT2D eigenvalue weighted by atomic mass is 16.6. The number of carbonyl (C=O) groups is 1. The van der Waals surface area contributed by atoms with Crippen LogP contribution in [-0.2, 0) is 16.0 Å². The van der Waals surface area contributed by atoms with Crippen LogP contribution in [0.25, 0.3) is 0 Å². The van der Waals surface area contributed by atoms with Gasteiger partial charge in [0.05, 0.1) is 19.3 Å². The highest BCUT2D eigenvalue weighted by molar-refractivity contribution is 5.69. The van der Waals surface area contributed by atoms with Gasteiger partial charge >= 0.3 is 6.09 Å². The van der Waals surface area contributed by atoms with Crippen LogP contribution >= 0.6 is 0 Å². The van der Waals surface area contributed by atoms with Crippen LogP contribution in [0, 0.1) is 4.91 Å². The number of morpholine rings is 1. The first-order chi connectivity index (χ1) is 10.4. The number of hydrogen-bond donors (Lipinski definition) is 0. The van der Waals surface area contributed by atoms with E-state index in [1.807, 2.05) is 45.0 Å². The molecule has 0 N–H and O–H groups in total. The number of carbonyl (C=O) groups excluding carboxylic acids is 1. The molecule has 1 aliphatic heterocycles. The van der Waals surface area contributed by atoms with Crippen molar-refractivity contribution >= 4 is 6.09 Å². The SMILES string of the molecule is CC(C)(C)OC(=O)N1CCOC[C@H]1c1ccc(CN=O)cc1.